The lowest BCUT2D eigenvalue weighted by Gasteiger charge is -2.16. The Balaban J connectivity index is 2.01. The molecule has 0 bridgehead atoms. The highest BCUT2D eigenvalue weighted by Crippen LogP contribution is 2.39. The quantitative estimate of drug-likeness (QED) is 0.656. The molecule has 2 aromatic rings. The van der Waals surface area contributed by atoms with E-state index in [4.69, 9.17) is 16.3 Å². The summed E-state index contributed by atoms with van der Waals surface area (Å²) in [4.78, 5) is 27.8. The van der Waals surface area contributed by atoms with Crippen LogP contribution in [0.15, 0.2) is 47.4 Å². The molecule has 152 valence electrons. The topological polar surface area (TPSA) is 66.8 Å². The van der Waals surface area contributed by atoms with Crippen LogP contribution in [0.1, 0.15) is 25.0 Å². The van der Waals surface area contributed by atoms with Crippen molar-refractivity contribution >= 4 is 46.4 Å². The Kier molecular flexibility index (Phi) is 6.67. The summed E-state index contributed by atoms with van der Waals surface area (Å²) in [6.07, 6.45) is 0.0344. The number of hydrogen-bond acceptors (Lipinski definition) is 5. The third kappa shape index (κ3) is 4.50. The second-order valence-corrected chi connectivity index (χ2v) is 8.36. The minimum atomic E-state index is -0.411. The van der Waals surface area contributed by atoms with Gasteiger partial charge < -0.3 is 9.84 Å². The van der Waals surface area contributed by atoms with Crippen LogP contribution in [0.3, 0.4) is 0 Å². The molecule has 0 saturated carbocycles. The molecule has 0 saturated heterocycles. The number of nitrogens with zero attached hydrogens (tertiary/aromatic N) is 1. The number of hydrogen-bond donors (Lipinski definition) is 1. The molecule has 7 heteroatoms. The number of amides is 2. The standard InChI is InChI=1S/C22H22ClNO4S/c1-13(2)28-17-8-5-15(6-9-17)19-20(29-11-10-25)22(27)24(21(19)26)16-7-4-14(3)18(23)12-16/h4-9,12-13,25H,10-11H2,1-3H3. The van der Waals surface area contributed by atoms with Gasteiger partial charge in [0.05, 0.1) is 28.9 Å². The number of aryl methyl sites for hydroxylation is 1. The number of rotatable bonds is 7. The molecule has 3 rings (SSSR count). The number of carbonyl (C=O) groups excluding carboxylic acids is 2. The molecule has 0 radical (unpaired) electrons. The molecule has 2 aromatic carbocycles. The van der Waals surface area contributed by atoms with E-state index in [1.165, 1.54) is 11.8 Å². The van der Waals surface area contributed by atoms with Crippen molar-refractivity contribution in [1.29, 1.82) is 0 Å². The molecule has 1 aliphatic rings. The molecule has 1 aliphatic heterocycles. The minimum absolute atomic E-state index is 0.0344. The van der Waals surface area contributed by atoms with Gasteiger partial charge in [-0.15, -0.1) is 11.8 Å². The average Bonchev–Trinajstić information content (AvgIpc) is 2.92. The fraction of sp³-hybridized carbons (Fsp3) is 0.273. The smallest absolute Gasteiger partial charge is 0.272 e. The van der Waals surface area contributed by atoms with Crippen molar-refractivity contribution in [3.8, 4) is 5.75 Å². The lowest BCUT2D eigenvalue weighted by atomic mass is 10.1. The van der Waals surface area contributed by atoms with Crippen molar-refractivity contribution in [3.63, 3.8) is 0 Å². The summed E-state index contributed by atoms with van der Waals surface area (Å²) in [6, 6.07) is 12.2. The number of thioether (sulfide) groups is 1. The van der Waals surface area contributed by atoms with Gasteiger partial charge in [-0.2, -0.15) is 0 Å². The van der Waals surface area contributed by atoms with E-state index in [0.29, 0.717) is 38.3 Å². The van der Waals surface area contributed by atoms with E-state index in [1.807, 2.05) is 20.8 Å². The van der Waals surface area contributed by atoms with Crippen LogP contribution in [-0.4, -0.2) is 35.4 Å². The average molecular weight is 432 g/mol. The highest BCUT2D eigenvalue weighted by atomic mass is 35.5. The molecular weight excluding hydrogens is 410 g/mol. The number of benzene rings is 2. The number of anilines is 1. The van der Waals surface area contributed by atoms with Crippen LogP contribution >= 0.6 is 23.4 Å². The first-order valence-electron chi connectivity index (χ1n) is 9.23. The molecule has 0 aliphatic carbocycles. The second-order valence-electron chi connectivity index (χ2n) is 6.85. The van der Waals surface area contributed by atoms with Gasteiger partial charge in [0.25, 0.3) is 11.8 Å². The SMILES string of the molecule is Cc1ccc(N2C(=O)C(SCCO)=C(c3ccc(OC(C)C)cc3)C2=O)cc1Cl. The zero-order chi connectivity index (χ0) is 21.1. The van der Waals surface area contributed by atoms with Gasteiger partial charge in [-0.05, 0) is 56.2 Å². The van der Waals surface area contributed by atoms with Crippen LogP contribution in [0.2, 0.25) is 5.02 Å². The Morgan fingerprint density at radius 3 is 2.38 bits per heavy atom. The summed E-state index contributed by atoms with van der Waals surface area (Å²) in [6.45, 7) is 5.63. The van der Waals surface area contributed by atoms with Gasteiger partial charge in [-0.3, -0.25) is 9.59 Å². The van der Waals surface area contributed by atoms with Crippen LogP contribution in [0.5, 0.6) is 5.75 Å². The number of aliphatic hydroxyl groups is 1. The lowest BCUT2D eigenvalue weighted by molar-refractivity contribution is -0.119. The fourth-order valence-corrected chi connectivity index (χ4v) is 4.01. The molecule has 0 atom stereocenters. The first-order chi connectivity index (χ1) is 13.8. The number of ether oxygens (including phenoxy) is 1. The zero-order valence-corrected chi connectivity index (χ0v) is 18.0. The van der Waals surface area contributed by atoms with Crippen LogP contribution in [0.25, 0.3) is 5.57 Å². The molecule has 0 aromatic heterocycles. The number of imide groups is 1. The summed E-state index contributed by atoms with van der Waals surface area (Å²) >= 11 is 7.38. The molecule has 5 nitrogen and oxygen atoms in total. The van der Waals surface area contributed by atoms with Gasteiger partial charge in [-0.25, -0.2) is 4.90 Å². The zero-order valence-electron chi connectivity index (χ0n) is 16.4. The molecule has 2 amide bonds. The van der Waals surface area contributed by atoms with Crippen molar-refractivity contribution in [3.05, 3.63) is 63.5 Å². The highest BCUT2D eigenvalue weighted by molar-refractivity contribution is 8.04. The summed E-state index contributed by atoms with van der Waals surface area (Å²) in [5.74, 6) is 0.182. The van der Waals surface area contributed by atoms with E-state index >= 15 is 0 Å². The normalized spacial score (nSPS) is 14.3. The largest absolute Gasteiger partial charge is 0.491 e. The second kappa shape index (κ2) is 9.03. The monoisotopic (exact) mass is 431 g/mol. The maximum atomic E-state index is 13.2. The highest BCUT2D eigenvalue weighted by Gasteiger charge is 2.40. The first kappa shape index (κ1) is 21.4. The van der Waals surface area contributed by atoms with Gasteiger partial charge in [0.1, 0.15) is 5.75 Å². The molecule has 0 unspecified atom stereocenters. The van der Waals surface area contributed by atoms with E-state index in [1.54, 1.807) is 42.5 Å². The molecule has 0 fully saturated rings. The van der Waals surface area contributed by atoms with Crippen LogP contribution in [0.4, 0.5) is 5.69 Å². The first-order valence-corrected chi connectivity index (χ1v) is 10.6. The van der Waals surface area contributed by atoms with Gasteiger partial charge in [-0.1, -0.05) is 29.8 Å². The number of aliphatic hydroxyl groups excluding tert-OH is 1. The van der Waals surface area contributed by atoms with E-state index in [2.05, 4.69) is 0 Å². The van der Waals surface area contributed by atoms with E-state index in [9.17, 15) is 14.7 Å². The third-order valence-electron chi connectivity index (χ3n) is 4.31. The van der Waals surface area contributed by atoms with Crippen LogP contribution < -0.4 is 9.64 Å². The van der Waals surface area contributed by atoms with Crippen molar-refractivity contribution in [2.75, 3.05) is 17.3 Å². The van der Waals surface area contributed by atoms with Crippen molar-refractivity contribution in [1.82, 2.24) is 0 Å². The number of carbonyl (C=O) groups is 2. The Bertz CT molecular complexity index is 969. The predicted molar refractivity (Wildman–Crippen MR) is 117 cm³/mol. The van der Waals surface area contributed by atoms with E-state index in [0.717, 1.165) is 10.5 Å². The number of halogens is 1. The molecule has 1 N–H and O–H groups in total. The third-order valence-corrected chi connectivity index (χ3v) is 5.77. The summed E-state index contributed by atoms with van der Waals surface area (Å²) in [5, 5.41) is 9.70. The minimum Gasteiger partial charge on any atom is -0.491 e. The molecular formula is C22H22ClNO4S. The maximum absolute atomic E-state index is 13.2. The Labute approximate surface area is 179 Å². The Morgan fingerprint density at radius 2 is 1.79 bits per heavy atom. The van der Waals surface area contributed by atoms with Crippen LogP contribution in [-0.2, 0) is 9.59 Å². The summed E-state index contributed by atoms with van der Waals surface area (Å²) in [7, 11) is 0. The predicted octanol–water partition coefficient (Wildman–Crippen LogP) is 4.45. The van der Waals surface area contributed by atoms with Gasteiger partial charge in [0.15, 0.2) is 0 Å². The van der Waals surface area contributed by atoms with Crippen molar-refractivity contribution in [2.24, 2.45) is 0 Å². The van der Waals surface area contributed by atoms with E-state index in [-0.39, 0.29) is 12.7 Å². The fourth-order valence-electron chi connectivity index (χ4n) is 2.97. The summed E-state index contributed by atoms with van der Waals surface area (Å²) < 4.78 is 5.66. The van der Waals surface area contributed by atoms with Crippen molar-refractivity contribution in [2.45, 2.75) is 26.9 Å². The Hall–Kier alpha value is -2.28. The lowest BCUT2D eigenvalue weighted by Crippen LogP contribution is -2.31. The van der Waals surface area contributed by atoms with Gasteiger partial charge >= 0.3 is 0 Å². The Morgan fingerprint density at radius 1 is 1.10 bits per heavy atom. The summed E-state index contributed by atoms with van der Waals surface area (Å²) in [5.41, 5.74) is 2.23. The molecule has 29 heavy (non-hydrogen) atoms. The van der Waals surface area contributed by atoms with Crippen molar-refractivity contribution < 1.29 is 19.4 Å². The van der Waals surface area contributed by atoms with Crippen LogP contribution in [0, 0.1) is 6.92 Å². The van der Waals surface area contributed by atoms with E-state index < -0.39 is 11.8 Å². The molecule has 1 heterocycles. The van der Waals surface area contributed by atoms with Gasteiger partial charge in [0.2, 0.25) is 0 Å². The maximum Gasteiger partial charge on any atom is 0.272 e. The molecule has 0 spiro atoms. The van der Waals surface area contributed by atoms with Gasteiger partial charge in [0, 0.05) is 10.8 Å².